The van der Waals surface area contributed by atoms with E-state index in [4.69, 9.17) is 5.73 Å². The molecule has 1 aromatic heterocycles. The molecule has 0 spiro atoms. The van der Waals surface area contributed by atoms with Crippen LogP contribution in [0.5, 0.6) is 0 Å². The van der Waals surface area contributed by atoms with Gasteiger partial charge in [-0.1, -0.05) is 12.1 Å². The van der Waals surface area contributed by atoms with Crippen molar-refractivity contribution in [3.05, 3.63) is 70.0 Å². The first-order valence-corrected chi connectivity index (χ1v) is 12.7. The molecule has 1 amide bonds. The van der Waals surface area contributed by atoms with Crippen molar-refractivity contribution in [1.29, 1.82) is 0 Å². The van der Waals surface area contributed by atoms with Crippen LogP contribution in [0.1, 0.15) is 57.1 Å². The van der Waals surface area contributed by atoms with Crippen molar-refractivity contribution in [2.45, 2.75) is 51.3 Å². The van der Waals surface area contributed by atoms with Crippen molar-refractivity contribution < 1.29 is 23.1 Å². The molecular weight excluding hydrogens is 468 g/mol. The summed E-state index contributed by atoms with van der Waals surface area (Å²) in [7, 11) is -4.17. The number of carbonyl (C=O) groups is 2. The number of anilines is 1. The van der Waals surface area contributed by atoms with Crippen LogP contribution in [-0.4, -0.2) is 41.7 Å². The normalized spacial score (nSPS) is 13.6. The van der Waals surface area contributed by atoms with Gasteiger partial charge in [-0.2, -0.15) is 5.10 Å². The van der Waals surface area contributed by atoms with Gasteiger partial charge in [0.2, 0.25) is 5.91 Å². The molecule has 0 atom stereocenters. The molecule has 1 aliphatic rings. The van der Waals surface area contributed by atoms with E-state index in [2.05, 4.69) is 5.10 Å². The molecular formula is C25H28N4O5S. The van der Waals surface area contributed by atoms with Crippen molar-refractivity contribution in [2.75, 3.05) is 10.8 Å². The summed E-state index contributed by atoms with van der Waals surface area (Å²) in [6.07, 6.45) is 3.03. The van der Waals surface area contributed by atoms with Gasteiger partial charge in [-0.15, -0.1) is 0 Å². The monoisotopic (exact) mass is 496 g/mol. The number of hydrogen-bond donors (Lipinski definition) is 2. The Kier molecular flexibility index (Phi) is 6.18. The number of amides is 1. The van der Waals surface area contributed by atoms with Gasteiger partial charge in [0.15, 0.2) is 0 Å². The predicted molar refractivity (Wildman–Crippen MR) is 132 cm³/mol. The number of carboxylic acids is 1. The molecule has 184 valence electrons. The maximum Gasteiger partial charge on any atom is 0.339 e. The van der Waals surface area contributed by atoms with E-state index in [1.807, 2.05) is 19.9 Å². The Balaban J connectivity index is 1.88. The van der Waals surface area contributed by atoms with Crippen molar-refractivity contribution in [2.24, 2.45) is 5.73 Å². The molecule has 1 heterocycles. The molecule has 3 aromatic rings. The van der Waals surface area contributed by atoms with Gasteiger partial charge < -0.3 is 10.8 Å². The average molecular weight is 497 g/mol. The van der Waals surface area contributed by atoms with Gasteiger partial charge in [-0.25, -0.2) is 17.9 Å². The van der Waals surface area contributed by atoms with E-state index in [9.17, 15) is 23.1 Å². The highest BCUT2D eigenvalue weighted by Gasteiger charge is 2.34. The van der Waals surface area contributed by atoms with E-state index in [0.29, 0.717) is 22.5 Å². The van der Waals surface area contributed by atoms with Gasteiger partial charge in [0.25, 0.3) is 10.0 Å². The van der Waals surface area contributed by atoms with Crippen LogP contribution in [0.25, 0.3) is 5.69 Å². The van der Waals surface area contributed by atoms with E-state index in [1.54, 1.807) is 38.1 Å². The SMILES string of the molecule is Cc1cc(C)c(C)c(S(=O)(=O)N(CC(N)=O)c2cccc(-n3ncc(C(=O)O)c3C3CC3)c2)c1C. The Hall–Kier alpha value is -3.66. The van der Waals surface area contributed by atoms with Crippen molar-refractivity contribution >= 4 is 27.6 Å². The first-order valence-electron chi connectivity index (χ1n) is 11.2. The number of carbonyl (C=O) groups excluding carboxylic acids is 1. The summed E-state index contributed by atoms with van der Waals surface area (Å²) in [4.78, 5) is 23.8. The third-order valence-electron chi connectivity index (χ3n) is 6.51. The smallest absolute Gasteiger partial charge is 0.339 e. The number of hydrogen-bond acceptors (Lipinski definition) is 5. The van der Waals surface area contributed by atoms with Gasteiger partial charge >= 0.3 is 5.97 Å². The van der Waals surface area contributed by atoms with Crippen LogP contribution >= 0.6 is 0 Å². The summed E-state index contributed by atoms with van der Waals surface area (Å²) in [6.45, 7) is 6.62. The summed E-state index contributed by atoms with van der Waals surface area (Å²) < 4.78 is 30.5. The van der Waals surface area contributed by atoms with Crippen LogP contribution in [-0.2, 0) is 14.8 Å². The zero-order valence-corrected chi connectivity index (χ0v) is 20.9. The molecule has 1 fully saturated rings. The molecule has 0 unspecified atom stereocenters. The summed E-state index contributed by atoms with van der Waals surface area (Å²) in [6, 6.07) is 8.46. The Morgan fingerprint density at radius 1 is 1.11 bits per heavy atom. The second-order valence-electron chi connectivity index (χ2n) is 9.02. The first-order chi connectivity index (χ1) is 16.4. The molecule has 3 N–H and O–H groups in total. The van der Waals surface area contributed by atoms with Gasteiger partial charge in [0.05, 0.1) is 28.2 Å². The van der Waals surface area contributed by atoms with E-state index < -0.39 is 28.4 Å². The lowest BCUT2D eigenvalue weighted by Crippen LogP contribution is -2.39. The number of sulfonamides is 1. The third kappa shape index (κ3) is 4.41. The zero-order chi connectivity index (χ0) is 25.7. The van der Waals surface area contributed by atoms with Crippen LogP contribution < -0.4 is 10.0 Å². The molecule has 4 rings (SSSR count). The molecule has 35 heavy (non-hydrogen) atoms. The fourth-order valence-corrected chi connectivity index (χ4v) is 6.40. The molecule has 0 radical (unpaired) electrons. The predicted octanol–water partition coefficient (Wildman–Crippen LogP) is 3.36. The third-order valence-corrected chi connectivity index (χ3v) is 8.56. The van der Waals surface area contributed by atoms with E-state index >= 15 is 0 Å². The van der Waals surface area contributed by atoms with Crippen LogP contribution in [0.3, 0.4) is 0 Å². The van der Waals surface area contributed by atoms with E-state index in [0.717, 1.165) is 28.3 Å². The summed E-state index contributed by atoms with van der Waals surface area (Å²) in [5.74, 6) is -1.78. The fourth-order valence-electron chi connectivity index (χ4n) is 4.39. The second-order valence-corrected chi connectivity index (χ2v) is 10.8. The quantitative estimate of drug-likeness (QED) is 0.491. The molecule has 1 saturated carbocycles. The number of aromatic nitrogens is 2. The molecule has 9 nitrogen and oxygen atoms in total. The van der Waals surface area contributed by atoms with Gasteiger partial charge in [0, 0.05) is 5.92 Å². The highest BCUT2D eigenvalue weighted by atomic mass is 32.2. The lowest BCUT2D eigenvalue weighted by Gasteiger charge is -2.26. The summed E-state index contributed by atoms with van der Waals surface area (Å²) in [5, 5.41) is 13.9. The van der Waals surface area contributed by atoms with Crippen molar-refractivity contribution in [1.82, 2.24) is 9.78 Å². The first kappa shape index (κ1) is 24.5. The number of aryl methyl sites for hydroxylation is 2. The van der Waals surface area contributed by atoms with Crippen molar-refractivity contribution in [3.8, 4) is 5.69 Å². The molecule has 0 bridgehead atoms. The topological polar surface area (TPSA) is 136 Å². The second kappa shape index (κ2) is 8.84. The molecule has 0 aliphatic heterocycles. The minimum atomic E-state index is -4.17. The number of nitrogens with zero attached hydrogens (tertiary/aromatic N) is 3. The number of rotatable bonds is 8. The maximum absolute atomic E-state index is 14.0. The average Bonchev–Trinajstić information content (AvgIpc) is 3.53. The Bertz CT molecular complexity index is 1430. The largest absolute Gasteiger partial charge is 0.478 e. The number of aromatic carboxylic acids is 1. The zero-order valence-electron chi connectivity index (χ0n) is 20.1. The summed E-state index contributed by atoms with van der Waals surface area (Å²) in [5.41, 5.74) is 9.77. The Labute approximate surface area is 204 Å². The van der Waals surface area contributed by atoms with E-state index in [-0.39, 0.29) is 22.1 Å². The number of carboxylic acid groups (broad SMARTS) is 1. The Morgan fingerprint density at radius 2 is 1.74 bits per heavy atom. The summed E-state index contributed by atoms with van der Waals surface area (Å²) >= 11 is 0. The lowest BCUT2D eigenvalue weighted by atomic mass is 10.0. The molecule has 10 heteroatoms. The van der Waals surface area contributed by atoms with Gasteiger partial charge in [0.1, 0.15) is 12.1 Å². The number of benzene rings is 2. The fraction of sp³-hybridized carbons (Fsp3) is 0.320. The highest BCUT2D eigenvalue weighted by molar-refractivity contribution is 7.93. The van der Waals surface area contributed by atoms with Crippen LogP contribution in [0.15, 0.2) is 41.4 Å². The minimum Gasteiger partial charge on any atom is -0.478 e. The standard InChI is InChI=1S/C25H28N4O5S/c1-14-10-15(2)17(4)24(16(14)3)35(33,34)28(13-22(26)30)19-6-5-7-20(11-19)29-23(18-8-9-18)21(12-27-29)25(31)32/h5-7,10-12,18H,8-9,13H2,1-4H3,(H2,26,30)(H,31,32). The Morgan fingerprint density at radius 3 is 2.29 bits per heavy atom. The number of primary amides is 1. The minimum absolute atomic E-state index is 0.0817. The maximum atomic E-state index is 14.0. The number of nitrogens with two attached hydrogens (primary N) is 1. The van der Waals surface area contributed by atoms with E-state index in [1.165, 1.54) is 10.9 Å². The van der Waals surface area contributed by atoms with Crippen LogP contribution in [0.4, 0.5) is 5.69 Å². The molecule has 0 saturated heterocycles. The molecule has 1 aliphatic carbocycles. The lowest BCUT2D eigenvalue weighted by molar-refractivity contribution is -0.116. The van der Waals surface area contributed by atoms with Crippen LogP contribution in [0, 0.1) is 27.7 Å². The highest BCUT2D eigenvalue weighted by Crippen LogP contribution is 2.43. The van der Waals surface area contributed by atoms with Gasteiger partial charge in [-0.3, -0.25) is 9.10 Å². The van der Waals surface area contributed by atoms with Crippen molar-refractivity contribution in [3.63, 3.8) is 0 Å². The van der Waals surface area contributed by atoms with Gasteiger partial charge in [-0.05, 0) is 81.0 Å². The van der Waals surface area contributed by atoms with Crippen LogP contribution in [0.2, 0.25) is 0 Å². The molecule has 2 aromatic carbocycles.